The third kappa shape index (κ3) is 3.83. The van der Waals surface area contributed by atoms with Crippen molar-refractivity contribution in [2.24, 2.45) is 0 Å². The predicted octanol–water partition coefficient (Wildman–Crippen LogP) is 2.92. The summed E-state index contributed by atoms with van der Waals surface area (Å²) in [5, 5.41) is 16.2. The number of fused-ring (bicyclic) bond motifs is 1. The van der Waals surface area contributed by atoms with Crippen molar-refractivity contribution in [3.8, 4) is 16.3 Å². The average Bonchev–Trinajstić information content (AvgIpc) is 3.18. The maximum atomic E-state index is 12.6. The number of nitrogens with zero attached hydrogens (tertiary/aromatic N) is 3. The molecule has 0 radical (unpaired) electrons. The third-order valence-electron chi connectivity index (χ3n) is 4.75. The lowest BCUT2D eigenvalue weighted by molar-refractivity contribution is -0.0566. The molecular formula is C20H19ClN4O4S. The molecule has 0 spiro atoms. The SMILES string of the molecule is CC1(C)OCCn2c1nc(C(=O)NCc1csc(-c3ccc(Cl)cc3)n1)c(O)c2=O. The van der Waals surface area contributed by atoms with E-state index in [0.29, 0.717) is 23.1 Å². The smallest absolute Gasteiger partial charge is 0.296 e. The first-order chi connectivity index (χ1) is 14.3. The van der Waals surface area contributed by atoms with Crippen molar-refractivity contribution >= 4 is 28.8 Å². The van der Waals surface area contributed by atoms with Gasteiger partial charge in [0.05, 0.1) is 25.4 Å². The third-order valence-corrected chi connectivity index (χ3v) is 5.94. The topological polar surface area (TPSA) is 106 Å². The Balaban J connectivity index is 1.53. The highest BCUT2D eigenvalue weighted by molar-refractivity contribution is 7.13. The lowest BCUT2D eigenvalue weighted by atomic mass is 10.1. The molecule has 1 aromatic carbocycles. The van der Waals surface area contributed by atoms with Gasteiger partial charge in [-0.15, -0.1) is 11.3 Å². The molecule has 0 saturated heterocycles. The normalized spacial score (nSPS) is 14.9. The Hall–Kier alpha value is -2.75. The average molecular weight is 447 g/mol. The molecule has 0 unspecified atom stereocenters. The molecule has 3 aromatic rings. The van der Waals surface area contributed by atoms with Gasteiger partial charge in [0.25, 0.3) is 11.5 Å². The second-order valence-electron chi connectivity index (χ2n) is 7.28. The molecule has 10 heteroatoms. The first kappa shape index (κ1) is 20.5. The number of aromatic nitrogens is 3. The zero-order chi connectivity index (χ0) is 21.5. The number of benzene rings is 1. The molecule has 4 rings (SSSR count). The van der Waals surface area contributed by atoms with Crippen LogP contribution >= 0.6 is 22.9 Å². The highest BCUT2D eigenvalue weighted by Crippen LogP contribution is 2.28. The maximum Gasteiger partial charge on any atom is 0.296 e. The number of hydrogen-bond acceptors (Lipinski definition) is 7. The monoisotopic (exact) mass is 446 g/mol. The molecule has 1 aliphatic heterocycles. The van der Waals surface area contributed by atoms with Gasteiger partial charge >= 0.3 is 0 Å². The summed E-state index contributed by atoms with van der Waals surface area (Å²) in [5.74, 6) is -1.02. The number of carbonyl (C=O) groups is 1. The summed E-state index contributed by atoms with van der Waals surface area (Å²) in [6.45, 7) is 4.24. The molecule has 8 nitrogen and oxygen atoms in total. The maximum absolute atomic E-state index is 12.6. The van der Waals surface area contributed by atoms with Crippen molar-refractivity contribution in [1.82, 2.24) is 19.9 Å². The zero-order valence-electron chi connectivity index (χ0n) is 16.3. The number of hydrogen-bond donors (Lipinski definition) is 2. The van der Waals surface area contributed by atoms with Crippen molar-refractivity contribution in [2.45, 2.75) is 32.5 Å². The molecule has 1 amide bonds. The molecule has 1 aliphatic rings. The minimum absolute atomic E-state index is 0.127. The van der Waals surface area contributed by atoms with Gasteiger partial charge in [-0.2, -0.15) is 0 Å². The van der Waals surface area contributed by atoms with Crippen LogP contribution < -0.4 is 10.9 Å². The van der Waals surface area contributed by atoms with Gasteiger partial charge in [-0.1, -0.05) is 23.7 Å². The van der Waals surface area contributed by atoms with Crippen molar-refractivity contribution < 1.29 is 14.6 Å². The lowest BCUT2D eigenvalue weighted by Crippen LogP contribution is -2.42. The van der Waals surface area contributed by atoms with E-state index < -0.39 is 22.8 Å². The number of halogens is 1. The predicted molar refractivity (Wildman–Crippen MR) is 113 cm³/mol. The summed E-state index contributed by atoms with van der Waals surface area (Å²) in [5.41, 5.74) is -0.247. The van der Waals surface area contributed by atoms with E-state index in [1.807, 2.05) is 17.5 Å². The molecular weight excluding hydrogens is 428 g/mol. The van der Waals surface area contributed by atoms with Crippen molar-refractivity contribution in [1.29, 1.82) is 0 Å². The lowest BCUT2D eigenvalue weighted by Gasteiger charge is -2.32. The summed E-state index contributed by atoms with van der Waals surface area (Å²) >= 11 is 7.35. The van der Waals surface area contributed by atoms with Gasteiger partial charge in [0, 0.05) is 16.0 Å². The van der Waals surface area contributed by atoms with E-state index in [9.17, 15) is 14.7 Å². The van der Waals surface area contributed by atoms with Crippen molar-refractivity contribution in [2.75, 3.05) is 6.61 Å². The van der Waals surface area contributed by atoms with Crippen LogP contribution in [-0.4, -0.2) is 32.2 Å². The van der Waals surface area contributed by atoms with Crippen LogP contribution in [0.15, 0.2) is 34.4 Å². The molecule has 0 atom stereocenters. The molecule has 3 heterocycles. The summed E-state index contributed by atoms with van der Waals surface area (Å²) in [4.78, 5) is 33.9. The standard InChI is InChI=1S/C20H19ClN4O4S/c1-20(2)19-24-14(15(26)18(28)25(19)7-8-29-20)16(27)22-9-13-10-30-17(23-13)11-3-5-12(21)6-4-11/h3-6,10,26H,7-9H2,1-2H3,(H,22,27). The van der Waals surface area contributed by atoms with Gasteiger partial charge in [-0.25, -0.2) is 9.97 Å². The van der Waals surface area contributed by atoms with Gasteiger partial charge in [0.1, 0.15) is 16.4 Å². The molecule has 0 saturated carbocycles. The van der Waals surface area contributed by atoms with Gasteiger partial charge in [0.2, 0.25) is 5.75 Å². The first-order valence-electron chi connectivity index (χ1n) is 9.23. The number of rotatable bonds is 4. The summed E-state index contributed by atoms with van der Waals surface area (Å²) in [6, 6.07) is 7.31. The van der Waals surface area contributed by atoms with Gasteiger partial charge < -0.3 is 15.2 Å². The van der Waals surface area contributed by atoms with Crippen LogP contribution in [0, 0.1) is 0 Å². The number of ether oxygens (including phenoxy) is 1. The number of amides is 1. The van der Waals surface area contributed by atoms with E-state index in [-0.39, 0.29) is 18.8 Å². The molecule has 30 heavy (non-hydrogen) atoms. The molecule has 0 bridgehead atoms. The van der Waals surface area contributed by atoms with Crippen LogP contribution in [0.3, 0.4) is 0 Å². The van der Waals surface area contributed by atoms with Crippen LogP contribution in [0.2, 0.25) is 5.02 Å². The second kappa shape index (κ2) is 7.82. The zero-order valence-corrected chi connectivity index (χ0v) is 17.9. The summed E-state index contributed by atoms with van der Waals surface area (Å²) in [7, 11) is 0. The number of carbonyl (C=O) groups excluding carboxylic acids is 1. The number of nitrogens with one attached hydrogen (secondary N) is 1. The van der Waals surface area contributed by atoms with Crippen LogP contribution in [0.4, 0.5) is 0 Å². The minimum Gasteiger partial charge on any atom is -0.501 e. The van der Waals surface area contributed by atoms with Crippen LogP contribution in [0.5, 0.6) is 5.75 Å². The Morgan fingerprint density at radius 2 is 2.07 bits per heavy atom. The Labute approximate surface area is 181 Å². The van der Waals surface area contributed by atoms with Gasteiger partial charge in [-0.3, -0.25) is 14.2 Å². The Kier molecular flexibility index (Phi) is 5.35. The number of thiazole rings is 1. The Morgan fingerprint density at radius 1 is 1.33 bits per heavy atom. The Morgan fingerprint density at radius 3 is 2.80 bits per heavy atom. The van der Waals surface area contributed by atoms with Crippen molar-refractivity contribution in [3.63, 3.8) is 0 Å². The highest BCUT2D eigenvalue weighted by atomic mass is 35.5. The van der Waals surface area contributed by atoms with Crippen LogP contribution in [0.1, 0.15) is 35.9 Å². The second-order valence-corrected chi connectivity index (χ2v) is 8.58. The van der Waals surface area contributed by atoms with Gasteiger partial charge in [0.15, 0.2) is 5.69 Å². The summed E-state index contributed by atoms with van der Waals surface area (Å²) in [6.07, 6.45) is 0. The minimum atomic E-state index is -0.845. The van der Waals surface area contributed by atoms with E-state index in [4.69, 9.17) is 16.3 Å². The Bertz CT molecular complexity index is 1170. The van der Waals surface area contributed by atoms with E-state index in [0.717, 1.165) is 10.6 Å². The van der Waals surface area contributed by atoms with E-state index in [1.54, 1.807) is 26.0 Å². The quantitative estimate of drug-likeness (QED) is 0.638. The molecule has 2 aromatic heterocycles. The largest absolute Gasteiger partial charge is 0.501 e. The first-order valence-corrected chi connectivity index (χ1v) is 10.5. The van der Waals surface area contributed by atoms with Crippen LogP contribution in [-0.2, 0) is 23.4 Å². The number of aromatic hydroxyl groups is 1. The molecule has 156 valence electrons. The fourth-order valence-electron chi connectivity index (χ4n) is 3.19. The van der Waals surface area contributed by atoms with Crippen LogP contribution in [0.25, 0.3) is 10.6 Å². The fourth-order valence-corrected chi connectivity index (χ4v) is 4.15. The summed E-state index contributed by atoms with van der Waals surface area (Å²) < 4.78 is 6.99. The van der Waals surface area contributed by atoms with Gasteiger partial charge in [-0.05, 0) is 26.0 Å². The fraction of sp³-hybridized carbons (Fsp3) is 0.300. The highest BCUT2D eigenvalue weighted by Gasteiger charge is 2.34. The van der Waals surface area contributed by atoms with Crippen molar-refractivity contribution in [3.05, 3.63) is 62.2 Å². The molecule has 0 fully saturated rings. The van der Waals surface area contributed by atoms with E-state index in [2.05, 4.69) is 15.3 Å². The molecule has 0 aliphatic carbocycles. The van der Waals surface area contributed by atoms with E-state index in [1.165, 1.54) is 15.9 Å². The molecule has 2 N–H and O–H groups in total. The van der Waals surface area contributed by atoms with E-state index >= 15 is 0 Å².